The van der Waals surface area contributed by atoms with Gasteiger partial charge >= 0.3 is 0 Å². The summed E-state index contributed by atoms with van der Waals surface area (Å²) in [6.07, 6.45) is 1.54. The van der Waals surface area contributed by atoms with E-state index in [1.54, 1.807) is 0 Å². The van der Waals surface area contributed by atoms with E-state index >= 15 is 0 Å². The van der Waals surface area contributed by atoms with Crippen LogP contribution in [0.5, 0.6) is 0 Å². The van der Waals surface area contributed by atoms with Gasteiger partial charge in [-0.3, -0.25) is 10.1 Å². The number of hydrogen-bond acceptors (Lipinski definition) is 4. The number of amides is 1. The normalized spacial score (nSPS) is 10.3. The number of anilines is 2. The number of nitrogens with zero attached hydrogens (tertiary/aromatic N) is 1. The first-order valence-electron chi connectivity index (χ1n) is 6.66. The molecule has 0 saturated heterocycles. The molecule has 1 heterocycles. The second-order valence-electron chi connectivity index (χ2n) is 5.24. The highest BCUT2D eigenvalue weighted by Crippen LogP contribution is 2.34. The lowest BCUT2D eigenvalue weighted by atomic mass is 10.0. The molecule has 2 aromatic rings. The van der Waals surface area contributed by atoms with Crippen molar-refractivity contribution in [3.63, 3.8) is 0 Å². The molecule has 1 aromatic heterocycles. The highest BCUT2D eigenvalue weighted by atomic mass is 32.1. The summed E-state index contributed by atoms with van der Waals surface area (Å²) in [5, 5.41) is 3.86. The molecule has 0 saturated carbocycles. The van der Waals surface area contributed by atoms with Crippen molar-refractivity contribution in [2.45, 2.75) is 27.7 Å². The summed E-state index contributed by atoms with van der Waals surface area (Å²) in [4.78, 5) is 16.1. The number of hydrogen-bond donors (Lipinski definition) is 2. The van der Waals surface area contributed by atoms with Gasteiger partial charge in [-0.2, -0.15) is 0 Å². The van der Waals surface area contributed by atoms with Crippen LogP contribution < -0.4 is 11.1 Å². The first-order valence-corrected chi connectivity index (χ1v) is 7.48. The number of nitrogen functional groups attached to an aromatic ring is 1. The van der Waals surface area contributed by atoms with Crippen LogP contribution >= 0.6 is 11.3 Å². The smallest absolute Gasteiger partial charge is 0.250 e. The van der Waals surface area contributed by atoms with Gasteiger partial charge in [-0.25, -0.2) is 4.98 Å². The average molecular weight is 301 g/mol. The number of thiazole rings is 1. The Labute approximate surface area is 128 Å². The Kier molecular flexibility index (Phi) is 4.43. The van der Waals surface area contributed by atoms with Crippen LogP contribution in [0.25, 0.3) is 11.3 Å². The molecular weight excluding hydrogens is 282 g/mol. The average Bonchev–Trinajstić information content (AvgIpc) is 2.72. The topological polar surface area (TPSA) is 68.0 Å². The van der Waals surface area contributed by atoms with Gasteiger partial charge in [0.05, 0.1) is 0 Å². The van der Waals surface area contributed by atoms with Crippen LogP contribution in [0.1, 0.15) is 25.0 Å². The molecule has 3 N–H and O–H groups in total. The number of allylic oxidation sites excluding steroid dienone is 1. The summed E-state index contributed by atoms with van der Waals surface area (Å²) in [6, 6.07) is 6.10. The van der Waals surface area contributed by atoms with Crippen LogP contribution in [0.4, 0.5) is 10.1 Å². The van der Waals surface area contributed by atoms with E-state index < -0.39 is 0 Å². The minimum absolute atomic E-state index is 0.185. The van der Waals surface area contributed by atoms with E-state index in [1.165, 1.54) is 28.5 Å². The molecule has 0 spiro atoms. The second-order valence-corrected chi connectivity index (χ2v) is 6.27. The number of nitrogens with one attached hydrogen (secondary N) is 1. The minimum atomic E-state index is -0.185. The Morgan fingerprint density at radius 3 is 2.62 bits per heavy atom. The van der Waals surface area contributed by atoms with Gasteiger partial charge in [0.15, 0.2) is 5.13 Å². The Morgan fingerprint density at radius 2 is 2.00 bits per heavy atom. The molecule has 1 aromatic carbocycles. The Bertz CT molecular complexity index is 712. The standard InChI is InChI=1S/C16H19N3OS/c1-9(2)7-13(20)18-16-19-14(15(17)21-16)12-6-5-10(3)11(4)8-12/h5-8H,17H2,1-4H3,(H,18,19,20). The molecular formula is C16H19N3OS. The van der Waals surface area contributed by atoms with E-state index in [2.05, 4.69) is 30.2 Å². The van der Waals surface area contributed by atoms with Crippen LogP contribution in [0.15, 0.2) is 29.8 Å². The second kappa shape index (κ2) is 6.10. The monoisotopic (exact) mass is 301 g/mol. The zero-order valence-electron chi connectivity index (χ0n) is 12.7. The highest BCUT2D eigenvalue weighted by Gasteiger charge is 2.12. The summed E-state index contributed by atoms with van der Waals surface area (Å²) in [5.41, 5.74) is 11.1. The van der Waals surface area contributed by atoms with Gasteiger partial charge < -0.3 is 5.73 Å². The molecule has 0 bridgehead atoms. The minimum Gasteiger partial charge on any atom is -0.389 e. The fraction of sp³-hybridized carbons (Fsp3) is 0.250. The third kappa shape index (κ3) is 3.70. The Hall–Kier alpha value is -2.14. The van der Waals surface area contributed by atoms with Crippen LogP contribution in [0.2, 0.25) is 0 Å². The molecule has 0 aliphatic carbocycles. The number of aromatic nitrogens is 1. The fourth-order valence-electron chi connectivity index (χ4n) is 1.88. The first-order chi connectivity index (χ1) is 9.86. The largest absolute Gasteiger partial charge is 0.389 e. The summed E-state index contributed by atoms with van der Waals surface area (Å²) >= 11 is 1.28. The molecule has 21 heavy (non-hydrogen) atoms. The van der Waals surface area contributed by atoms with Crippen molar-refractivity contribution in [1.29, 1.82) is 0 Å². The molecule has 4 nitrogen and oxygen atoms in total. The van der Waals surface area contributed by atoms with Crippen molar-refractivity contribution in [2.24, 2.45) is 0 Å². The maximum Gasteiger partial charge on any atom is 0.250 e. The van der Waals surface area contributed by atoms with Crippen molar-refractivity contribution in [1.82, 2.24) is 4.98 Å². The zero-order valence-corrected chi connectivity index (χ0v) is 13.5. The molecule has 5 heteroatoms. The SMILES string of the molecule is CC(C)=CC(=O)Nc1nc(-c2ccc(C)c(C)c2)c(N)s1. The predicted molar refractivity (Wildman–Crippen MR) is 89.5 cm³/mol. The van der Waals surface area contributed by atoms with E-state index in [1.807, 2.05) is 26.0 Å². The fourth-order valence-corrected chi connectivity index (χ4v) is 2.64. The number of benzene rings is 1. The molecule has 2 rings (SSSR count). The third-order valence-corrected chi connectivity index (χ3v) is 3.88. The molecule has 0 atom stereocenters. The number of nitrogens with two attached hydrogens (primary N) is 1. The van der Waals surface area contributed by atoms with Crippen molar-refractivity contribution < 1.29 is 4.79 Å². The highest BCUT2D eigenvalue weighted by molar-refractivity contribution is 7.20. The predicted octanol–water partition coefficient (Wildman–Crippen LogP) is 3.91. The van der Waals surface area contributed by atoms with Crippen LogP contribution in [0.3, 0.4) is 0 Å². The van der Waals surface area contributed by atoms with Gasteiger partial charge in [-0.1, -0.05) is 29.0 Å². The summed E-state index contributed by atoms with van der Waals surface area (Å²) < 4.78 is 0. The van der Waals surface area contributed by atoms with Gasteiger partial charge in [-0.05, 0) is 44.9 Å². The van der Waals surface area contributed by atoms with Crippen molar-refractivity contribution in [3.8, 4) is 11.3 Å². The Balaban J connectivity index is 2.29. The summed E-state index contributed by atoms with van der Waals surface area (Å²) in [6.45, 7) is 7.86. The zero-order chi connectivity index (χ0) is 15.6. The van der Waals surface area contributed by atoms with Crippen molar-refractivity contribution in [3.05, 3.63) is 41.0 Å². The van der Waals surface area contributed by atoms with Gasteiger partial charge in [-0.15, -0.1) is 0 Å². The van der Waals surface area contributed by atoms with Crippen molar-refractivity contribution in [2.75, 3.05) is 11.1 Å². The van der Waals surface area contributed by atoms with Crippen LogP contribution in [0, 0.1) is 13.8 Å². The van der Waals surface area contributed by atoms with Gasteiger partial charge in [0.2, 0.25) is 5.91 Å². The van der Waals surface area contributed by atoms with Gasteiger partial charge in [0.25, 0.3) is 0 Å². The molecule has 110 valence electrons. The number of carbonyl (C=O) groups is 1. The molecule has 0 radical (unpaired) electrons. The van der Waals surface area contributed by atoms with Crippen LogP contribution in [-0.4, -0.2) is 10.9 Å². The van der Waals surface area contributed by atoms with Crippen LogP contribution in [-0.2, 0) is 4.79 Å². The van der Waals surface area contributed by atoms with E-state index in [-0.39, 0.29) is 5.91 Å². The molecule has 0 fully saturated rings. The summed E-state index contributed by atoms with van der Waals surface area (Å²) in [7, 11) is 0. The maximum atomic E-state index is 11.7. The molecule has 0 aliphatic rings. The Morgan fingerprint density at radius 1 is 1.29 bits per heavy atom. The quantitative estimate of drug-likeness (QED) is 0.844. The molecule has 0 aliphatic heterocycles. The number of rotatable bonds is 3. The molecule has 0 unspecified atom stereocenters. The molecule has 1 amide bonds. The van der Waals surface area contributed by atoms with Gasteiger partial charge in [0.1, 0.15) is 10.7 Å². The lowest BCUT2D eigenvalue weighted by Gasteiger charge is -2.03. The third-order valence-electron chi connectivity index (χ3n) is 3.08. The van der Waals surface area contributed by atoms with E-state index in [0.717, 1.165) is 16.8 Å². The first kappa shape index (κ1) is 15.3. The maximum absolute atomic E-state index is 11.7. The van der Waals surface area contributed by atoms with E-state index in [4.69, 9.17) is 5.73 Å². The number of carbonyl (C=O) groups excluding carboxylic acids is 1. The lowest BCUT2D eigenvalue weighted by molar-refractivity contribution is -0.111. The van der Waals surface area contributed by atoms with E-state index in [9.17, 15) is 4.79 Å². The van der Waals surface area contributed by atoms with Crippen molar-refractivity contribution >= 4 is 27.4 Å². The number of aryl methyl sites for hydroxylation is 2. The van der Waals surface area contributed by atoms with Gasteiger partial charge in [0, 0.05) is 11.6 Å². The lowest BCUT2D eigenvalue weighted by Crippen LogP contribution is -2.07. The summed E-state index contributed by atoms with van der Waals surface area (Å²) in [5.74, 6) is -0.185. The van der Waals surface area contributed by atoms with E-state index in [0.29, 0.717) is 10.1 Å².